The van der Waals surface area contributed by atoms with Crippen LogP contribution in [0.3, 0.4) is 0 Å². The zero-order valence-corrected chi connectivity index (χ0v) is 16.0. The maximum atomic E-state index is 5.63. The molecule has 0 bridgehead atoms. The molecule has 1 aromatic rings. The molecule has 1 nitrogen and oxygen atoms in total. The molecule has 0 fully saturated rings. The second-order valence-electron chi connectivity index (χ2n) is 6.39. The van der Waals surface area contributed by atoms with Crippen LogP contribution in [0.1, 0.15) is 52.7 Å². The number of para-hydroxylation sites is 1. The van der Waals surface area contributed by atoms with Gasteiger partial charge >= 0.3 is 23.1 Å². The first-order chi connectivity index (χ1) is 7.18. The minimum atomic E-state index is 0. The van der Waals surface area contributed by atoms with E-state index in [1.54, 1.807) is 7.11 Å². The number of hydrogen-bond donors (Lipinski definition) is 0. The molecule has 19 heavy (non-hydrogen) atoms. The smallest absolute Gasteiger partial charge is 1.00 e. The molecule has 4 heteroatoms. The minimum absolute atomic E-state index is 0. The van der Waals surface area contributed by atoms with Gasteiger partial charge in [-0.2, -0.15) is 0 Å². The maximum absolute atomic E-state index is 5.63. The monoisotopic (exact) mass is 314 g/mol. The van der Waals surface area contributed by atoms with Crippen molar-refractivity contribution in [2.45, 2.75) is 52.4 Å². The van der Waals surface area contributed by atoms with Gasteiger partial charge in [0.05, 0.1) is 7.11 Å². The van der Waals surface area contributed by atoms with Crippen molar-refractivity contribution in [2.75, 3.05) is 7.11 Å². The number of halogens is 2. The molecule has 0 saturated carbocycles. The zero-order valence-electron chi connectivity index (χ0n) is 13.1. The van der Waals surface area contributed by atoms with E-state index in [2.05, 4.69) is 59.7 Å². The Kier molecular flexibility index (Phi) is 11.0. The van der Waals surface area contributed by atoms with E-state index in [9.17, 15) is 0 Å². The van der Waals surface area contributed by atoms with Gasteiger partial charge in [0.2, 0.25) is 0 Å². The summed E-state index contributed by atoms with van der Waals surface area (Å²) < 4.78 is 5.63. The molecule has 0 aromatic heterocycles. The summed E-state index contributed by atoms with van der Waals surface area (Å²) in [5.74, 6) is 1.04. The Hall–Kier alpha value is 0.366. The van der Waals surface area contributed by atoms with Gasteiger partial charge in [0.15, 0.2) is 0 Å². The molecule has 0 N–H and O–H groups in total. The van der Waals surface area contributed by atoms with Crippen LogP contribution in [0.4, 0.5) is 0 Å². The molecule has 0 aliphatic heterocycles. The second-order valence-corrected chi connectivity index (χ2v) is 6.39. The van der Waals surface area contributed by atoms with E-state index in [4.69, 9.17) is 4.74 Å². The Balaban J connectivity index is -0.000000853. The van der Waals surface area contributed by atoms with Crippen LogP contribution < -0.4 is 29.6 Å². The van der Waals surface area contributed by atoms with Gasteiger partial charge in [0, 0.05) is 0 Å². The molecule has 0 unspecified atom stereocenters. The number of benzene rings is 1. The molecule has 0 aliphatic carbocycles. The maximum Gasteiger partial charge on any atom is 2.00 e. The molecular formula is C15H24Cl2MgO. The average Bonchev–Trinajstić information content (AvgIpc) is 2.13. The van der Waals surface area contributed by atoms with E-state index in [0.29, 0.717) is 0 Å². The van der Waals surface area contributed by atoms with Gasteiger partial charge in [-0.3, -0.25) is 0 Å². The normalized spacial score (nSPS) is 10.7. The summed E-state index contributed by atoms with van der Waals surface area (Å²) >= 11 is 0. The van der Waals surface area contributed by atoms with E-state index in [-0.39, 0.29) is 58.7 Å². The van der Waals surface area contributed by atoms with E-state index < -0.39 is 0 Å². The van der Waals surface area contributed by atoms with Gasteiger partial charge in [-0.25, -0.2) is 0 Å². The van der Waals surface area contributed by atoms with Crippen LogP contribution in [-0.2, 0) is 10.8 Å². The second kappa shape index (κ2) is 8.61. The predicted molar refractivity (Wildman–Crippen MR) is 76.1 cm³/mol. The molecule has 0 atom stereocenters. The number of methoxy groups -OCH3 is 1. The van der Waals surface area contributed by atoms with Crippen LogP contribution in [0.2, 0.25) is 0 Å². The SMILES string of the molecule is COc1c(C(C)(C)C)cccc1C(C)(C)C.[Cl-].[Cl-].[Mg+2]. The van der Waals surface area contributed by atoms with Crippen molar-refractivity contribution in [1.82, 2.24) is 0 Å². The quantitative estimate of drug-likeness (QED) is 0.541. The minimum Gasteiger partial charge on any atom is -1.00 e. The Labute approximate surface area is 146 Å². The Bertz CT molecular complexity index is 346. The van der Waals surface area contributed by atoms with Crippen LogP contribution in [0.15, 0.2) is 18.2 Å². The third kappa shape index (κ3) is 6.11. The van der Waals surface area contributed by atoms with Crippen molar-refractivity contribution in [2.24, 2.45) is 0 Å². The molecule has 0 aliphatic rings. The summed E-state index contributed by atoms with van der Waals surface area (Å²) in [4.78, 5) is 0. The first-order valence-electron chi connectivity index (χ1n) is 5.86. The van der Waals surface area contributed by atoms with Gasteiger partial charge < -0.3 is 29.6 Å². The van der Waals surface area contributed by atoms with Crippen molar-refractivity contribution in [3.05, 3.63) is 29.3 Å². The standard InChI is InChI=1S/C15H24O.2ClH.Mg/c1-14(2,3)11-9-8-10-12(13(11)16-7)15(4,5)6;;;/h8-10H,1-7H3;2*1H;/q;;;+2/p-2. The van der Waals surface area contributed by atoms with Crippen LogP contribution in [0, 0.1) is 0 Å². The van der Waals surface area contributed by atoms with Crippen molar-refractivity contribution < 1.29 is 29.6 Å². The van der Waals surface area contributed by atoms with Crippen LogP contribution in [-0.4, -0.2) is 30.2 Å². The number of ether oxygens (including phenoxy) is 1. The first kappa shape index (κ1) is 24.4. The van der Waals surface area contributed by atoms with Gasteiger partial charge in [-0.1, -0.05) is 59.7 Å². The van der Waals surface area contributed by atoms with E-state index >= 15 is 0 Å². The average molecular weight is 316 g/mol. The van der Waals surface area contributed by atoms with Crippen LogP contribution in [0.25, 0.3) is 0 Å². The molecule has 1 aromatic carbocycles. The predicted octanol–water partition coefficient (Wildman–Crippen LogP) is -2.08. The van der Waals surface area contributed by atoms with E-state index in [0.717, 1.165) is 5.75 Å². The van der Waals surface area contributed by atoms with Crippen molar-refractivity contribution in [1.29, 1.82) is 0 Å². The van der Waals surface area contributed by atoms with Crippen molar-refractivity contribution in [3.63, 3.8) is 0 Å². The summed E-state index contributed by atoms with van der Waals surface area (Å²) in [7, 11) is 1.76. The van der Waals surface area contributed by atoms with Crippen molar-refractivity contribution >= 4 is 23.1 Å². The third-order valence-corrected chi connectivity index (χ3v) is 2.84. The topological polar surface area (TPSA) is 9.23 Å². The summed E-state index contributed by atoms with van der Waals surface area (Å²) in [5.41, 5.74) is 2.80. The van der Waals surface area contributed by atoms with Gasteiger partial charge in [-0.15, -0.1) is 0 Å². The number of rotatable bonds is 1. The summed E-state index contributed by atoms with van der Waals surface area (Å²) in [6.45, 7) is 13.3. The molecule has 0 saturated heterocycles. The Morgan fingerprint density at radius 3 is 1.32 bits per heavy atom. The molecule has 1 rings (SSSR count). The first-order valence-corrected chi connectivity index (χ1v) is 5.86. The molecular weight excluding hydrogens is 291 g/mol. The van der Waals surface area contributed by atoms with E-state index in [1.165, 1.54) is 11.1 Å². The van der Waals surface area contributed by atoms with Gasteiger partial charge in [0.25, 0.3) is 0 Å². The zero-order chi connectivity index (χ0) is 12.6. The molecule has 0 heterocycles. The fraction of sp³-hybridized carbons (Fsp3) is 0.600. The summed E-state index contributed by atoms with van der Waals surface area (Å²) in [5, 5.41) is 0. The Morgan fingerprint density at radius 1 is 0.789 bits per heavy atom. The number of hydrogen-bond acceptors (Lipinski definition) is 1. The summed E-state index contributed by atoms with van der Waals surface area (Å²) in [6.07, 6.45) is 0. The van der Waals surface area contributed by atoms with Crippen LogP contribution >= 0.6 is 0 Å². The fourth-order valence-electron chi connectivity index (χ4n) is 1.94. The molecule has 106 valence electrons. The van der Waals surface area contributed by atoms with Gasteiger partial charge in [0.1, 0.15) is 5.75 Å². The van der Waals surface area contributed by atoms with Gasteiger partial charge in [-0.05, 0) is 22.0 Å². The van der Waals surface area contributed by atoms with E-state index in [1.807, 2.05) is 0 Å². The third-order valence-electron chi connectivity index (χ3n) is 2.84. The Morgan fingerprint density at radius 2 is 1.11 bits per heavy atom. The molecule has 0 spiro atoms. The fourth-order valence-corrected chi connectivity index (χ4v) is 1.94. The summed E-state index contributed by atoms with van der Waals surface area (Å²) in [6, 6.07) is 6.45. The molecule has 0 radical (unpaired) electrons. The largest absolute Gasteiger partial charge is 2.00 e. The van der Waals surface area contributed by atoms with Crippen LogP contribution in [0.5, 0.6) is 5.75 Å². The molecule has 0 amide bonds. The van der Waals surface area contributed by atoms with Crippen molar-refractivity contribution in [3.8, 4) is 5.75 Å².